The molecule has 2 rings (SSSR count). The average Bonchev–Trinajstić information content (AvgIpc) is 2.37. The fourth-order valence-corrected chi connectivity index (χ4v) is 1.95. The highest BCUT2D eigenvalue weighted by Crippen LogP contribution is 2.27. The van der Waals surface area contributed by atoms with E-state index < -0.39 is 5.79 Å². The van der Waals surface area contributed by atoms with Crippen LogP contribution in [0.25, 0.3) is 10.8 Å². The van der Waals surface area contributed by atoms with E-state index in [9.17, 15) is 5.11 Å². The molecule has 1 atom stereocenters. The van der Waals surface area contributed by atoms with Crippen LogP contribution in [-0.2, 0) is 0 Å². The fraction of sp³-hybridized carbons (Fsp3) is 0.375. The molecule has 0 radical (unpaired) electrons. The van der Waals surface area contributed by atoms with Gasteiger partial charge in [-0.15, -0.1) is 0 Å². The summed E-state index contributed by atoms with van der Waals surface area (Å²) in [7, 11) is 0. The highest BCUT2D eigenvalue weighted by Gasteiger charge is 2.23. The normalized spacial score (nSPS) is 14.6. The van der Waals surface area contributed by atoms with Crippen molar-refractivity contribution in [1.82, 2.24) is 5.32 Å². The lowest BCUT2D eigenvalue weighted by molar-refractivity contribution is -0.118. The number of fused-ring (bicyclic) bond motifs is 1. The third kappa shape index (κ3) is 3.69. The molecule has 0 heterocycles. The van der Waals surface area contributed by atoms with Gasteiger partial charge in [0, 0.05) is 18.4 Å². The van der Waals surface area contributed by atoms with Crippen LogP contribution in [0.5, 0.6) is 5.75 Å². The first-order chi connectivity index (χ1) is 8.98. The van der Waals surface area contributed by atoms with Gasteiger partial charge in [-0.2, -0.15) is 0 Å². The number of rotatable bonds is 5. The Labute approximate surface area is 114 Å². The summed E-state index contributed by atoms with van der Waals surface area (Å²) in [6.07, 6.45) is 0. The van der Waals surface area contributed by atoms with Crippen molar-refractivity contribution in [2.24, 2.45) is 0 Å². The largest absolute Gasteiger partial charge is 0.461 e. The maximum atomic E-state index is 10.3. The molecule has 0 aliphatic carbocycles. The molecule has 102 valence electrons. The quantitative estimate of drug-likeness (QED) is 0.811. The first-order valence-corrected chi connectivity index (χ1v) is 6.60. The van der Waals surface area contributed by atoms with Gasteiger partial charge >= 0.3 is 0 Å². The molecule has 0 aliphatic rings. The van der Waals surface area contributed by atoms with E-state index in [2.05, 4.69) is 5.32 Å². The Morgan fingerprint density at radius 1 is 1.16 bits per heavy atom. The predicted molar refractivity (Wildman–Crippen MR) is 78.3 cm³/mol. The van der Waals surface area contributed by atoms with Crippen LogP contribution in [0, 0.1) is 0 Å². The molecule has 0 saturated carbocycles. The Balaban J connectivity index is 2.21. The molecular formula is C16H21NO2. The molecule has 0 aromatic heterocycles. The number of aliphatic hydroxyl groups is 1. The number of hydrogen-bond acceptors (Lipinski definition) is 3. The van der Waals surface area contributed by atoms with E-state index in [1.165, 1.54) is 0 Å². The van der Waals surface area contributed by atoms with Crippen molar-refractivity contribution in [2.75, 3.05) is 6.54 Å². The molecule has 2 aromatic rings. The molecule has 0 spiro atoms. The SMILES string of the molecule is CC(C)NCC(C)(O)Oc1cccc2ccccc12. The fourth-order valence-electron chi connectivity index (χ4n) is 1.95. The molecule has 0 aliphatic heterocycles. The van der Waals surface area contributed by atoms with E-state index in [0.717, 1.165) is 10.8 Å². The topological polar surface area (TPSA) is 41.5 Å². The standard InChI is InChI=1S/C16H21NO2/c1-12(2)17-11-16(3,18)19-15-10-6-8-13-7-4-5-9-14(13)15/h4-10,12,17-18H,11H2,1-3H3. The Kier molecular flexibility index (Phi) is 4.08. The van der Waals surface area contributed by atoms with Crippen molar-refractivity contribution >= 4 is 10.8 Å². The third-order valence-electron chi connectivity index (χ3n) is 2.92. The number of hydrogen-bond donors (Lipinski definition) is 2. The summed E-state index contributed by atoms with van der Waals surface area (Å²) < 4.78 is 5.76. The average molecular weight is 259 g/mol. The van der Waals surface area contributed by atoms with Gasteiger partial charge in [-0.3, -0.25) is 0 Å². The summed E-state index contributed by atoms with van der Waals surface area (Å²) in [6, 6.07) is 14.1. The minimum atomic E-state index is -1.23. The van der Waals surface area contributed by atoms with Crippen molar-refractivity contribution in [2.45, 2.75) is 32.6 Å². The van der Waals surface area contributed by atoms with E-state index in [-0.39, 0.29) is 0 Å². The Morgan fingerprint density at radius 3 is 2.58 bits per heavy atom. The van der Waals surface area contributed by atoms with Crippen LogP contribution in [0.4, 0.5) is 0 Å². The van der Waals surface area contributed by atoms with Crippen LogP contribution in [0.15, 0.2) is 42.5 Å². The highest BCUT2D eigenvalue weighted by molar-refractivity contribution is 5.88. The van der Waals surface area contributed by atoms with Crippen molar-refractivity contribution in [1.29, 1.82) is 0 Å². The van der Waals surface area contributed by atoms with Crippen LogP contribution in [0.2, 0.25) is 0 Å². The van der Waals surface area contributed by atoms with Gasteiger partial charge in [-0.1, -0.05) is 50.2 Å². The second kappa shape index (κ2) is 5.59. The molecule has 2 aromatic carbocycles. The number of benzene rings is 2. The highest BCUT2D eigenvalue weighted by atomic mass is 16.6. The molecule has 2 N–H and O–H groups in total. The van der Waals surface area contributed by atoms with Gasteiger partial charge in [0.1, 0.15) is 5.75 Å². The lowest BCUT2D eigenvalue weighted by Crippen LogP contribution is -2.45. The van der Waals surface area contributed by atoms with E-state index in [1.54, 1.807) is 6.92 Å². The van der Waals surface area contributed by atoms with Crippen molar-refractivity contribution in [3.05, 3.63) is 42.5 Å². The predicted octanol–water partition coefficient (Wildman–Crippen LogP) is 2.93. The first-order valence-electron chi connectivity index (χ1n) is 6.60. The van der Waals surface area contributed by atoms with Crippen LogP contribution < -0.4 is 10.1 Å². The number of ether oxygens (including phenoxy) is 1. The minimum Gasteiger partial charge on any atom is -0.461 e. The summed E-state index contributed by atoms with van der Waals surface area (Å²) in [5.41, 5.74) is 0. The molecule has 3 heteroatoms. The second-order valence-electron chi connectivity index (χ2n) is 5.29. The number of nitrogens with one attached hydrogen (secondary N) is 1. The molecule has 0 saturated heterocycles. The van der Waals surface area contributed by atoms with Gasteiger partial charge in [0.25, 0.3) is 0 Å². The Morgan fingerprint density at radius 2 is 1.84 bits per heavy atom. The van der Waals surface area contributed by atoms with Crippen LogP contribution in [-0.4, -0.2) is 23.5 Å². The third-order valence-corrected chi connectivity index (χ3v) is 2.92. The summed E-state index contributed by atoms with van der Waals surface area (Å²) >= 11 is 0. The van der Waals surface area contributed by atoms with Gasteiger partial charge < -0.3 is 15.2 Å². The zero-order chi connectivity index (χ0) is 13.9. The van der Waals surface area contributed by atoms with Crippen LogP contribution in [0.1, 0.15) is 20.8 Å². The van der Waals surface area contributed by atoms with Crippen molar-refractivity contribution in [3.63, 3.8) is 0 Å². The maximum absolute atomic E-state index is 10.3. The molecule has 0 bridgehead atoms. The van der Waals surface area contributed by atoms with Crippen LogP contribution in [0.3, 0.4) is 0 Å². The molecule has 0 amide bonds. The Hall–Kier alpha value is -1.58. The first kappa shape index (κ1) is 13.8. The summed E-state index contributed by atoms with van der Waals surface area (Å²) in [6.45, 7) is 6.13. The van der Waals surface area contributed by atoms with Crippen molar-refractivity contribution < 1.29 is 9.84 Å². The molecule has 1 unspecified atom stereocenters. The monoisotopic (exact) mass is 259 g/mol. The van der Waals surface area contributed by atoms with E-state index >= 15 is 0 Å². The Bertz CT molecular complexity index is 544. The smallest absolute Gasteiger partial charge is 0.217 e. The van der Waals surface area contributed by atoms with Gasteiger partial charge in [0.05, 0.1) is 6.54 Å². The van der Waals surface area contributed by atoms with E-state index in [4.69, 9.17) is 4.74 Å². The summed E-state index contributed by atoms with van der Waals surface area (Å²) in [4.78, 5) is 0. The van der Waals surface area contributed by atoms with Crippen LogP contribution >= 0.6 is 0 Å². The van der Waals surface area contributed by atoms with E-state index in [0.29, 0.717) is 18.3 Å². The summed E-state index contributed by atoms with van der Waals surface area (Å²) in [5.74, 6) is -0.525. The molecular weight excluding hydrogens is 238 g/mol. The lowest BCUT2D eigenvalue weighted by Gasteiger charge is -2.27. The molecule has 19 heavy (non-hydrogen) atoms. The molecule has 0 fully saturated rings. The maximum Gasteiger partial charge on any atom is 0.217 e. The zero-order valence-corrected chi connectivity index (χ0v) is 11.7. The second-order valence-corrected chi connectivity index (χ2v) is 5.29. The van der Waals surface area contributed by atoms with E-state index in [1.807, 2.05) is 56.3 Å². The van der Waals surface area contributed by atoms with Gasteiger partial charge in [-0.25, -0.2) is 0 Å². The minimum absolute atomic E-state index is 0.308. The molecule has 3 nitrogen and oxygen atoms in total. The van der Waals surface area contributed by atoms with Crippen molar-refractivity contribution in [3.8, 4) is 5.75 Å². The van der Waals surface area contributed by atoms with Gasteiger partial charge in [0.2, 0.25) is 5.79 Å². The summed E-state index contributed by atoms with van der Waals surface area (Å²) in [5, 5.41) is 15.6. The lowest BCUT2D eigenvalue weighted by atomic mass is 10.1. The van der Waals surface area contributed by atoms with Gasteiger partial charge in [-0.05, 0) is 11.5 Å². The zero-order valence-electron chi connectivity index (χ0n) is 11.7. The van der Waals surface area contributed by atoms with Gasteiger partial charge in [0.15, 0.2) is 0 Å².